The molecule has 0 aliphatic carbocycles. The highest BCUT2D eigenvalue weighted by Gasteiger charge is 2.13. The molecule has 0 aliphatic heterocycles. The van der Waals surface area contributed by atoms with Gasteiger partial charge in [-0.2, -0.15) is 0 Å². The maximum atomic E-state index is 10.4. The molecule has 0 radical (unpaired) electrons. The van der Waals surface area contributed by atoms with Crippen molar-refractivity contribution in [3.63, 3.8) is 0 Å². The van der Waals surface area contributed by atoms with Crippen molar-refractivity contribution in [3.8, 4) is 0 Å². The third kappa shape index (κ3) is 14.1. The zero-order chi connectivity index (χ0) is 15.9. The first kappa shape index (κ1) is 20.4. The third-order valence-electron chi connectivity index (χ3n) is 4.04. The van der Waals surface area contributed by atoms with Crippen LogP contribution in [0, 0.1) is 5.92 Å². The average molecular weight is 302 g/mol. The molecule has 4 nitrogen and oxygen atoms in total. The van der Waals surface area contributed by atoms with Crippen LogP contribution in [0.25, 0.3) is 0 Å². The van der Waals surface area contributed by atoms with E-state index in [1.165, 1.54) is 19.3 Å². The maximum Gasteiger partial charge on any atom is 0.303 e. The zero-order valence-electron chi connectivity index (χ0n) is 13.6. The number of rotatable bonds is 15. The molecule has 2 atom stereocenters. The van der Waals surface area contributed by atoms with Gasteiger partial charge < -0.3 is 15.3 Å². The molecule has 0 spiro atoms. The molecular weight excluding hydrogens is 268 g/mol. The van der Waals surface area contributed by atoms with Crippen LogP contribution in [0.4, 0.5) is 0 Å². The molecule has 2 unspecified atom stereocenters. The highest BCUT2D eigenvalue weighted by Crippen LogP contribution is 2.22. The van der Waals surface area contributed by atoms with Crippen LogP contribution in [-0.4, -0.2) is 34.0 Å². The van der Waals surface area contributed by atoms with Crippen molar-refractivity contribution in [2.45, 2.75) is 90.1 Å². The summed E-state index contributed by atoms with van der Waals surface area (Å²) >= 11 is 0. The van der Waals surface area contributed by atoms with Crippen LogP contribution >= 0.6 is 0 Å². The molecule has 0 aliphatic rings. The number of aliphatic carboxylic acids is 1. The molecule has 3 N–H and O–H groups in total. The Hall–Kier alpha value is -0.610. The number of carboxylic acids is 1. The maximum absolute atomic E-state index is 10.4. The first-order valence-electron chi connectivity index (χ1n) is 8.60. The van der Waals surface area contributed by atoms with E-state index in [0.717, 1.165) is 44.9 Å². The molecule has 0 heterocycles. The summed E-state index contributed by atoms with van der Waals surface area (Å²) in [6.45, 7) is 2.05. The number of carbonyl (C=O) groups is 1. The Morgan fingerprint density at radius 1 is 0.952 bits per heavy atom. The molecule has 0 amide bonds. The van der Waals surface area contributed by atoms with Crippen molar-refractivity contribution in [2.75, 3.05) is 6.61 Å². The minimum absolute atomic E-state index is 0.139. The molecule has 0 saturated heterocycles. The van der Waals surface area contributed by atoms with E-state index in [4.69, 9.17) is 10.2 Å². The molecule has 4 heteroatoms. The quantitative estimate of drug-likeness (QED) is 0.403. The Kier molecular flexibility index (Phi) is 13.9. The molecule has 0 bridgehead atoms. The summed E-state index contributed by atoms with van der Waals surface area (Å²) in [5, 5.41) is 27.1. The van der Waals surface area contributed by atoms with E-state index < -0.39 is 12.1 Å². The number of hydrogen-bond donors (Lipinski definition) is 3. The van der Waals surface area contributed by atoms with Gasteiger partial charge in [-0.3, -0.25) is 4.79 Å². The minimum Gasteiger partial charge on any atom is -0.481 e. The number of aliphatic hydroxyl groups is 2. The molecule has 0 saturated carbocycles. The third-order valence-corrected chi connectivity index (χ3v) is 4.04. The van der Waals surface area contributed by atoms with E-state index in [-0.39, 0.29) is 13.0 Å². The van der Waals surface area contributed by atoms with Gasteiger partial charge in [-0.05, 0) is 18.8 Å². The lowest BCUT2D eigenvalue weighted by Gasteiger charge is -2.19. The van der Waals surface area contributed by atoms with Gasteiger partial charge in [0.15, 0.2) is 0 Å². The predicted molar refractivity (Wildman–Crippen MR) is 85.3 cm³/mol. The molecule has 0 aromatic carbocycles. The van der Waals surface area contributed by atoms with Crippen molar-refractivity contribution in [3.05, 3.63) is 0 Å². The van der Waals surface area contributed by atoms with Gasteiger partial charge >= 0.3 is 5.97 Å². The molecule has 21 heavy (non-hydrogen) atoms. The van der Waals surface area contributed by atoms with Gasteiger partial charge in [-0.15, -0.1) is 0 Å². The lowest BCUT2D eigenvalue weighted by Crippen LogP contribution is -2.17. The summed E-state index contributed by atoms with van der Waals surface area (Å²) in [6.07, 6.45) is 11.5. The van der Waals surface area contributed by atoms with Crippen LogP contribution < -0.4 is 0 Å². The number of hydrogen-bond acceptors (Lipinski definition) is 3. The van der Waals surface area contributed by atoms with Crippen LogP contribution in [0.3, 0.4) is 0 Å². The van der Waals surface area contributed by atoms with Gasteiger partial charge in [0.2, 0.25) is 0 Å². The van der Waals surface area contributed by atoms with Crippen molar-refractivity contribution in [2.24, 2.45) is 5.92 Å². The lowest BCUT2D eigenvalue weighted by molar-refractivity contribution is -0.137. The van der Waals surface area contributed by atoms with E-state index in [9.17, 15) is 9.90 Å². The lowest BCUT2D eigenvalue weighted by atomic mass is 9.90. The summed E-state index contributed by atoms with van der Waals surface area (Å²) in [6, 6.07) is 0. The normalized spacial score (nSPS) is 14.0. The van der Waals surface area contributed by atoms with Gasteiger partial charge in [-0.1, -0.05) is 64.7 Å². The fourth-order valence-electron chi connectivity index (χ4n) is 2.76. The Labute approximate surface area is 129 Å². The van der Waals surface area contributed by atoms with E-state index in [2.05, 4.69) is 6.92 Å². The van der Waals surface area contributed by atoms with Crippen LogP contribution in [0.2, 0.25) is 0 Å². The van der Waals surface area contributed by atoms with E-state index >= 15 is 0 Å². The van der Waals surface area contributed by atoms with Crippen molar-refractivity contribution < 1.29 is 20.1 Å². The smallest absolute Gasteiger partial charge is 0.303 e. The first-order valence-corrected chi connectivity index (χ1v) is 8.60. The Morgan fingerprint density at radius 3 is 2.10 bits per heavy atom. The fourth-order valence-corrected chi connectivity index (χ4v) is 2.76. The first-order chi connectivity index (χ1) is 10.1. The standard InChI is InChI=1S/C17H34O4/c1-2-3-7-10-15(13-16(19)14-18)11-8-5-4-6-9-12-17(20)21/h15-16,18-19H,2-14H2,1H3,(H,20,21). The van der Waals surface area contributed by atoms with Crippen molar-refractivity contribution >= 4 is 5.97 Å². The summed E-state index contributed by atoms with van der Waals surface area (Å²) in [4.78, 5) is 10.4. The highest BCUT2D eigenvalue weighted by atomic mass is 16.4. The minimum atomic E-state index is -0.705. The van der Waals surface area contributed by atoms with Crippen molar-refractivity contribution in [1.82, 2.24) is 0 Å². The highest BCUT2D eigenvalue weighted by molar-refractivity contribution is 5.66. The van der Waals surface area contributed by atoms with Crippen LogP contribution in [0.1, 0.15) is 84.0 Å². The average Bonchev–Trinajstić information content (AvgIpc) is 2.45. The van der Waals surface area contributed by atoms with Gasteiger partial charge in [0.05, 0.1) is 12.7 Å². The van der Waals surface area contributed by atoms with Crippen LogP contribution in [0.15, 0.2) is 0 Å². The summed E-state index contributed by atoms with van der Waals surface area (Å²) < 4.78 is 0. The second-order valence-corrected chi connectivity index (χ2v) is 6.13. The Balaban J connectivity index is 3.70. The Morgan fingerprint density at radius 2 is 1.52 bits per heavy atom. The number of carboxylic acid groups (broad SMARTS) is 1. The SMILES string of the molecule is CCCCCC(CCCCCCCC(=O)O)CC(O)CO. The molecular formula is C17H34O4. The topological polar surface area (TPSA) is 77.8 Å². The van der Waals surface area contributed by atoms with Gasteiger partial charge in [0.1, 0.15) is 0 Å². The fraction of sp³-hybridized carbons (Fsp3) is 0.941. The van der Waals surface area contributed by atoms with Crippen LogP contribution in [0.5, 0.6) is 0 Å². The zero-order valence-corrected chi connectivity index (χ0v) is 13.6. The van der Waals surface area contributed by atoms with Crippen LogP contribution in [-0.2, 0) is 4.79 Å². The molecule has 0 rings (SSSR count). The number of aliphatic hydroxyl groups excluding tert-OH is 2. The van der Waals surface area contributed by atoms with E-state index in [1.807, 2.05) is 0 Å². The molecule has 0 fully saturated rings. The van der Waals surface area contributed by atoms with Gasteiger partial charge in [-0.25, -0.2) is 0 Å². The van der Waals surface area contributed by atoms with E-state index in [1.54, 1.807) is 0 Å². The van der Waals surface area contributed by atoms with Gasteiger partial charge in [0.25, 0.3) is 0 Å². The molecule has 126 valence electrons. The van der Waals surface area contributed by atoms with E-state index in [0.29, 0.717) is 12.3 Å². The monoisotopic (exact) mass is 302 g/mol. The largest absolute Gasteiger partial charge is 0.481 e. The second-order valence-electron chi connectivity index (χ2n) is 6.13. The Bertz CT molecular complexity index is 243. The van der Waals surface area contributed by atoms with Gasteiger partial charge in [0, 0.05) is 6.42 Å². The predicted octanol–water partition coefficient (Wildman–Crippen LogP) is 3.74. The summed E-state index contributed by atoms with van der Waals surface area (Å²) in [5.41, 5.74) is 0. The van der Waals surface area contributed by atoms with Crippen molar-refractivity contribution in [1.29, 1.82) is 0 Å². The number of unbranched alkanes of at least 4 members (excludes halogenated alkanes) is 6. The molecule has 0 aromatic rings. The molecule has 0 aromatic heterocycles. The summed E-state index contributed by atoms with van der Waals surface area (Å²) in [5.74, 6) is -0.193. The summed E-state index contributed by atoms with van der Waals surface area (Å²) in [7, 11) is 0. The second kappa shape index (κ2) is 14.3.